The molecular formula is C34H58N4O3S. The Morgan fingerprint density at radius 1 is 1.24 bits per heavy atom. The van der Waals surface area contributed by atoms with Crippen LogP contribution in [0.2, 0.25) is 0 Å². The van der Waals surface area contributed by atoms with E-state index in [1.807, 2.05) is 43.4 Å². The molecule has 0 amide bonds. The fourth-order valence-electron chi connectivity index (χ4n) is 3.70. The second-order valence-corrected chi connectivity index (χ2v) is 10.8. The third kappa shape index (κ3) is 16.8. The van der Waals surface area contributed by atoms with Gasteiger partial charge in [0.15, 0.2) is 0 Å². The minimum Gasteiger partial charge on any atom is -0.491 e. The van der Waals surface area contributed by atoms with Gasteiger partial charge < -0.3 is 30.9 Å². The van der Waals surface area contributed by atoms with E-state index < -0.39 is 6.10 Å². The number of nitrogens with one attached hydrogen (secondary N) is 1. The van der Waals surface area contributed by atoms with Gasteiger partial charge in [-0.1, -0.05) is 58.1 Å². The smallest absolute Gasteiger partial charge is 0.119 e. The summed E-state index contributed by atoms with van der Waals surface area (Å²) in [5.74, 6) is 0.670. The quantitative estimate of drug-likeness (QED) is 0.162. The van der Waals surface area contributed by atoms with Crippen molar-refractivity contribution in [3.05, 3.63) is 69.4 Å². The Bertz CT molecular complexity index is 1030. The van der Waals surface area contributed by atoms with Gasteiger partial charge in [-0.3, -0.25) is 4.99 Å². The number of nitrogens with zero attached hydrogens (tertiary/aromatic N) is 2. The first-order chi connectivity index (χ1) is 20.3. The molecule has 3 rings (SSSR count). The molecule has 1 aromatic carbocycles. The average Bonchev–Trinajstić information content (AvgIpc) is 3.20. The summed E-state index contributed by atoms with van der Waals surface area (Å²) in [5, 5.41) is 24.3. The summed E-state index contributed by atoms with van der Waals surface area (Å²) in [6.07, 6.45) is 12.5. The molecule has 1 heterocycles. The summed E-state index contributed by atoms with van der Waals surface area (Å²) in [7, 11) is 3.81. The van der Waals surface area contributed by atoms with E-state index in [-0.39, 0.29) is 13.2 Å². The maximum atomic E-state index is 9.74. The van der Waals surface area contributed by atoms with Gasteiger partial charge in [0.05, 0.1) is 12.9 Å². The molecule has 2 aromatic rings. The molecule has 0 aliphatic heterocycles. The van der Waals surface area contributed by atoms with Gasteiger partial charge in [-0.2, -0.15) is 0 Å². The van der Waals surface area contributed by atoms with Crippen molar-refractivity contribution < 1.29 is 14.9 Å². The monoisotopic (exact) mass is 602 g/mol. The number of nitrogens with two attached hydrogens (primary N) is 1. The molecule has 5 N–H and O–H groups in total. The normalized spacial score (nSPS) is 13.9. The van der Waals surface area contributed by atoms with E-state index in [0.717, 1.165) is 25.1 Å². The van der Waals surface area contributed by atoms with Crippen LogP contribution in [-0.2, 0) is 13.2 Å². The molecule has 0 bridgehead atoms. The van der Waals surface area contributed by atoms with Gasteiger partial charge in [-0.15, -0.1) is 11.3 Å². The molecule has 2 atom stereocenters. The number of aliphatic hydroxyl groups excluding tert-OH is 2. The van der Waals surface area contributed by atoms with Gasteiger partial charge >= 0.3 is 0 Å². The molecule has 0 radical (unpaired) electrons. The number of aliphatic imine (C=N–C) groups is 1. The first kappa shape index (κ1) is 39.5. The lowest BCUT2D eigenvalue weighted by Gasteiger charge is -2.16. The molecule has 1 aliphatic carbocycles. The zero-order valence-corrected chi connectivity index (χ0v) is 28.2. The summed E-state index contributed by atoms with van der Waals surface area (Å²) < 4.78 is 5.48. The number of aliphatic hydroxyl groups is 2. The van der Waals surface area contributed by atoms with Crippen molar-refractivity contribution in [2.45, 2.75) is 92.5 Å². The Balaban J connectivity index is 0.000000675. The van der Waals surface area contributed by atoms with Crippen molar-refractivity contribution in [3.8, 4) is 5.75 Å². The lowest BCUT2D eigenvalue weighted by Crippen LogP contribution is -2.36. The predicted octanol–water partition coefficient (Wildman–Crippen LogP) is 6.57. The Hall–Kier alpha value is -2.49. The Morgan fingerprint density at radius 2 is 1.95 bits per heavy atom. The topological polar surface area (TPSA) is 103 Å². The zero-order valence-electron chi connectivity index (χ0n) is 27.4. The zero-order chi connectivity index (χ0) is 31.8. The molecule has 1 aromatic heterocycles. The Morgan fingerprint density at radius 3 is 2.57 bits per heavy atom. The van der Waals surface area contributed by atoms with Crippen molar-refractivity contribution >= 4 is 23.2 Å². The number of benzene rings is 1. The minimum atomic E-state index is -0.531. The van der Waals surface area contributed by atoms with Crippen molar-refractivity contribution in [2.75, 3.05) is 33.8 Å². The van der Waals surface area contributed by atoms with Crippen LogP contribution in [0.4, 0.5) is 0 Å². The highest BCUT2D eigenvalue weighted by Gasteiger charge is 2.12. The first-order valence-corrected chi connectivity index (χ1v) is 16.2. The Kier molecular flexibility index (Phi) is 23.6. The second kappa shape index (κ2) is 25.0. The van der Waals surface area contributed by atoms with Crippen molar-refractivity contribution in [1.29, 1.82) is 0 Å². The summed E-state index contributed by atoms with van der Waals surface area (Å²) >= 11 is 1.90. The van der Waals surface area contributed by atoms with E-state index in [1.54, 1.807) is 13.1 Å². The molecule has 238 valence electrons. The predicted molar refractivity (Wildman–Crippen MR) is 184 cm³/mol. The molecular weight excluding hydrogens is 544 g/mol. The van der Waals surface area contributed by atoms with Crippen molar-refractivity contribution in [3.63, 3.8) is 0 Å². The number of thiophene rings is 1. The fourth-order valence-corrected chi connectivity index (χ4v) is 4.81. The van der Waals surface area contributed by atoms with E-state index in [4.69, 9.17) is 15.6 Å². The van der Waals surface area contributed by atoms with Crippen LogP contribution in [-0.4, -0.2) is 67.4 Å². The van der Waals surface area contributed by atoms with Crippen LogP contribution in [0, 0.1) is 6.92 Å². The standard InChI is InChI=1S/C16H23NS.C14H23NO3.C2H6N2.C2H6/c1-4-17(3)11-15-12-18-16(13(15)2)14-9-7-5-6-8-10-14;1-3-11(2)15-8-13(17)10-18-14-6-4-5-12(7-14)9-16;1-4-2-3;1-2/h7,9-10,12H,4-6,8,11H2,1-3H3;4-7,11,13,15-17H,3,8-10H2,1-2H3;2H,1H3,(H2,3,4);1-2H3. The molecule has 2 unspecified atom stereocenters. The molecule has 1 aliphatic rings. The van der Waals surface area contributed by atoms with Crippen LogP contribution in [0.25, 0.3) is 5.57 Å². The van der Waals surface area contributed by atoms with Crippen LogP contribution in [0.3, 0.4) is 0 Å². The lowest BCUT2D eigenvalue weighted by molar-refractivity contribution is 0.104. The molecule has 0 spiro atoms. The van der Waals surface area contributed by atoms with E-state index in [1.165, 1.54) is 47.2 Å². The summed E-state index contributed by atoms with van der Waals surface area (Å²) in [5.41, 5.74) is 9.93. The van der Waals surface area contributed by atoms with Gasteiger partial charge in [-0.25, -0.2) is 0 Å². The fraction of sp³-hybridized carbons (Fsp3) is 0.559. The van der Waals surface area contributed by atoms with Crippen molar-refractivity contribution in [1.82, 2.24) is 10.2 Å². The van der Waals surface area contributed by atoms with E-state index in [0.29, 0.717) is 18.3 Å². The molecule has 8 heteroatoms. The highest BCUT2D eigenvalue weighted by atomic mass is 32.1. The summed E-state index contributed by atoms with van der Waals surface area (Å²) in [4.78, 5) is 7.21. The van der Waals surface area contributed by atoms with Crippen LogP contribution in [0.15, 0.2) is 52.9 Å². The summed E-state index contributed by atoms with van der Waals surface area (Å²) in [6.45, 7) is 15.6. The molecule has 42 heavy (non-hydrogen) atoms. The van der Waals surface area contributed by atoms with E-state index in [2.05, 4.69) is 73.6 Å². The number of allylic oxidation sites excluding steroid dienone is 4. The van der Waals surface area contributed by atoms with Gasteiger partial charge in [0.25, 0.3) is 0 Å². The summed E-state index contributed by atoms with van der Waals surface area (Å²) in [6, 6.07) is 7.64. The van der Waals surface area contributed by atoms with Crippen LogP contribution in [0.1, 0.15) is 81.9 Å². The average molecular weight is 603 g/mol. The number of ether oxygens (including phenoxy) is 1. The highest BCUT2D eigenvalue weighted by Crippen LogP contribution is 2.31. The Labute approximate surface area is 260 Å². The van der Waals surface area contributed by atoms with Crippen LogP contribution < -0.4 is 15.8 Å². The molecule has 0 saturated heterocycles. The third-order valence-corrected chi connectivity index (χ3v) is 7.79. The number of hydrogen-bond donors (Lipinski definition) is 4. The largest absolute Gasteiger partial charge is 0.491 e. The van der Waals surface area contributed by atoms with Gasteiger partial charge in [0.2, 0.25) is 0 Å². The van der Waals surface area contributed by atoms with Gasteiger partial charge in [-0.05, 0) is 92.9 Å². The maximum absolute atomic E-state index is 9.74. The van der Waals surface area contributed by atoms with Crippen LogP contribution in [0.5, 0.6) is 5.75 Å². The number of hydrogen-bond acceptors (Lipinski definition) is 7. The lowest BCUT2D eigenvalue weighted by atomic mass is 10.1. The SMILES string of the molecule is CC.CCC(C)NCC(O)COc1cccc(CO)c1.CCN(C)Cc1csc(C2=CCCCC=C2)c1C.CN=CN. The second-order valence-electron chi connectivity index (χ2n) is 9.93. The van der Waals surface area contributed by atoms with Crippen LogP contribution >= 0.6 is 11.3 Å². The molecule has 7 nitrogen and oxygen atoms in total. The van der Waals surface area contributed by atoms with Gasteiger partial charge in [0, 0.05) is 31.1 Å². The third-order valence-electron chi connectivity index (χ3n) is 6.61. The molecule has 0 saturated carbocycles. The highest BCUT2D eigenvalue weighted by molar-refractivity contribution is 7.11. The van der Waals surface area contributed by atoms with E-state index >= 15 is 0 Å². The van der Waals surface area contributed by atoms with Crippen molar-refractivity contribution in [2.24, 2.45) is 10.7 Å². The first-order valence-electron chi connectivity index (χ1n) is 15.3. The van der Waals surface area contributed by atoms with Gasteiger partial charge in [0.1, 0.15) is 18.5 Å². The molecule has 0 fully saturated rings. The minimum absolute atomic E-state index is 0.00464. The maximum Gasteiger partial charge on any atom is 0.119 e. The number of rotatable bonds is 12. The van der Waals surface area contributed by atoms with E-state index in [9.17, 15) is 5.11 Å².